The standard InChI is InChI=1S/C14H17N3O3S/c1-10-9-21-14(19)17(10)6-5-12(18)15-7-11-3-4-13(20-2)16-8-11/h3-4,8-9H,5-7H2,1-2H3,(H,15,18). The van der Waals surface area contributed by atoms with Crippen LogP contribution in [-0.2, 0) is 17.9 Å². The fourth-order valence-corrected chi connectivity index (χ4v) is 2.57. The number of hydrogen-bond acceptors (Lipinski definition) is 5. The third-order valence-corrected chi connectivity index (χ3v) is 3.92. The number of ether oxygens (including phenoxy) is 1. The van der Waals surface area contributed by atoms with E-state index in [-0.39, 0.29) is 17.2 Å². The maximum Gasteiger partial charge on any atom is 0.307 e. The van der Waals surface area contributed by atoms with Gasteiger partial charge in [0.05, 0.1) is 7.11 Å². The molecule has 2 rings (SSSR count). The number of methoxy groups -OCH3 is 1. The van der Waals surface area contributed by atoms with Crippen molar-refractivity contribution >= 4 is 17.2 Å². The predicted molar refractivity (Wildman–Crippen MR) is 80.6 cm³/mol. The lowest BCUT2D eigenvalue weighted by Gasteiger charge is -2.07. The van der Waals surface area contributed by atoms with Gasteiger partial charge in [-0.05, 0) is 12.5 Å². The first-order valence-electron chi connectivity index (χ1n) is 6.50. The van der Waals surface area contributed by atoms with Gasteiger partial charge in [-0.15, -0.1) is 0 Å². The first kappa shape index (κ1) is 15.2. The molecule has 0 bridgehead atoms. The van der Waals surface area contributed by atoms with E-state index in [1.165, 1.54) is 0 Å². The minimum absolute atomic E-state index is 0.0281. The molecule has 0 atom stereocenters. The van der Waals surface area contributed by atoms with E-state index >= 15 is 0 Å². The van der Waals surface area contributed by atoms with Crippen LogP contribution in [-0.4, -0.2) is 22.6 Å². The van der Waals surface area contributed by atoms with Crippen molar-refractivity contribution in [3.05, 3.63) is 44.6 Å². The minimum Gasteiger partial charge on any atom is -0.481 e. The van der Waals surface area contributed by atoms with Crippen LogP contribution in [0.4, 0.5) is 0 Å². The summed E-state index contributed by atoms with van der Waals surface area (Å²) in [5.41, 5.74) is 1.78. The van der Waals surface area contributed by atoms with Gasteiger partial charge in [-0.1, -0.05) is 17.4 Å². The number of rotatable bonds is 6. The number of aryl methyl sites for hydroxylation is 1. The van der Waals surface area contributed by atoms with E-state index < -0.39 is 0 Å². The number of carbonyl (C=O) groups is 1. The second-order valence-electron chi connectivity index (χ2n) is 4.53. The van der Waals surface area contributed by atoms with Crippen molar-refractivity contribution < 1.29 is 9.53 Å². The lowest BCUT2D eigenvalue weighted by molar-refractivity contribution is -0.121. The number of thiazole rings is 1. The molecule has 2 aromatic rings. The molecule has 21 heavy (non-hydrogen) atoms. The molecule has 6 nitrogen and oxygen atoms in total. The van der Waals surface area contributed by atoms with Crippen LogP contribution in [0, 0.1) is 6.92 Å². The zero-order chi connectivity index (χ0) is 15.2. The fourth-order valence-electron chi connectivity index (χ4n) is 1.81. The van der Waals surface area contributed by atoms with Crippen molar-refractivity contribution in [2.24, 2.45) is 0 Å². The molecular formula is C14H17N3O3S. The number of amides is 1. The molecule has 1 N–H and O–H groups in total. The number of carbonyl (C=O) groups excluding carboxylic acids is 1. The summed E-state index contributed by atoms with van der Waals surface area (Å²) in [5.74, 6) is 0.445. The first-order chi connectivity index (χ1) is 10.1. The van der Waals surface area contributed by atoms with Gasteiger partial charge in [0, 0.05) is 42.8 Å². The van der Waals surface area contributed by atoms with Gasteiger partial charge >= 0.3 is 4.87 Å². The minimum atomic E-state index is -0.0941. The third-order valence-electron chi connectivity index (χ3n) is 3.04. The van der Waals surface area contributed by atoms with Gasteiger partial charge in [0.25, 0.3) is 0 Å². The van der Waals surface area contributed by atoms with Crippen molar-refractivity contribution in [3.63, 3.8) is 0 Å². The Hall–Kier alpha value is -2.15. The van der Waals surface area contributed by atoms with Crippen LogP contribution in [0.25, 0.3) is 0 Å². The van der Waals surface area contributed by atoms with Crippen LogP contribution in [0.15, 0.2) is 28.5 Å². The Morgan fingerprint density at radius 2 is 2.29 bits per heavy atom. The highest BCUT2D eigenvalue weighted by molar-refractivity contribution is 7.07. The topological polar surface area (TPSA) is 73.2 Å². The monoisotopic (exact) mass is 307 g/mol. The van der Waals surface area contributed by atoms with Crippen LogP contribution >= 0.6 is 11.3 Å². The molecule has 0 fully saturated rings. The normalized spacial score (nSPS) is 10.4. The zero-order valence-corrected chi connectivity index (χ0v) is 12.8. The van der Waals surface area contributed by atoms with Gasteiger partial charge in [-0.2, -0.15) is 0 Å². The van der Waals surface area contributed by atoms with Crippen LogP contribution in [0.1, 0.15) is 17.7 Å². The molecule has 0 saturated heterocycles. The molecule has 0 unspecified atom stereocenters. The van der Waals surface area contributed by atoms with Gasteiger partial charge in [0.15, 0.2) is 0 Å². The average Bonchev–Trinajstić information content (AvgIpc) is 2.82. The van der Waals surface area contributed by atoms with Crippen LogP contribution in [0.5, 0.6) is 5.88 Å². The quantitative estimate of drug-likeness (QED) is 0.874. The van der Waals surface area contributed by atoms with E-state index in [0.29, 0.717) is 19.0 Å². The molecule has 0 saturated carbocycles. The lowest BCUT2D eigenvalue weighted by Crippen LogP contribution is -2.26. The third kappa shape index (κ3) is 4.16. The van der Waals surface area contributed by atoms with E-state index in [2.05, 4.69) is 10.3 Å². The van der Waals surface area contributed by atoms with Gasteiger partial charge in [-0.3, -0.25) is 9.59 Å². The summed E-state index contributed by atoms with van der Waals surface area (Å²) < 4.78 is 6.58. The van der Waals surface area contributed by atoms with Gasteiger partial charge in [-0.25, -0.2) is 4.98 Å². The summed E-state index contributed by atoms with van der Waals surface area (Å²) in [6.45, 7) is 2.67. The van der Waals surface area contributed by atoms with Crippen molar-refractivity contribution in [2.45, 2.75) is 26.4 Å². The smallest absolute Gasteiger partial charge is 0.307 e. The number of pyridine rings is 1. The second-order valence-corrected chi connectivity index (χ2v) is 5.35. The van der Waals surface area contributed by atoms with Crippen LogP contribution in [0.3, 0.4) is 0 Å². The first-order valence-corrected chi connectivity index (χ1v) is 7.38. The highest BCUT2D eigenvalue weighted by atomic mass is 32.1. The Morgan fingerprint density at radius 1 is 1.48 bits per heavy atom. The summed E-state index contributed by atoms with van der Waals surface area (Å²) in [5, 5.41) is 4.60. The van der Waals surface area contributed by atoms with Crippen molar-refractivity contribution in [3.8, 4) is 5.88 Å². The highest BCUT2D eigenvalue weighted by Crippen LogP contribution is 2.06. The summed E-state index contributed by atoms with van der Waals surface area (Å²) in [7, 11) is 1.55. The molecule has 2 heterocycles. The Balaban J connectivity index is 1.80. The molecule has 1 amide bonds. The maximum atomic E-state index is 11.8. The zero-order valence-electron chi connectivity index (χ0n) is 12.0. The van der Waals surface area contributed by atoms with Gasteiger partial charge in [0.1, 0.15) is 0 Å². The Morgan fingerprint density at radius 3 is 2.86 bits per heavy atom. The Bertz CT molecular complexity index is 661. The summed E-state index contributed by atoms with van der Waals surface area (Å²) in [6, 6.07) is 3.59. The van der Waals surface area contributed by atoms with E-state index in [4.69, 9.17) is 4.74 Å². The lowest BCUT2D eigenvalue weighted by atomic mass is 10.2. The Labute approximate surface area is 126 Å². The number of aromatic nitrogens is 2. The number of nitrogens with one attached hydrogen (secondary N) is 1. The molecule has 0 aliphatic rings. The summed E-state index contributed by atoms with van der Waals surface area (Å²) in [4.78, 5) is 27.4. The van der Waals surface area contributed by atoms with Gasteiger partial charge < -0.3 is 14.6 Å². The number of nitrogens with zero attached hydrogens (tertiary/aromatic N) is 2. The summed E-state index contributed by atoms with van der Waals surface area (Å²) in [6.07, 6.45) is 1.94. The number of hydrogen-bond donors (Lipinski definition) is 1. The largest absolute Gasteiger partial charge is 0.481 e. The molecule has 7 heteroatoms. The predicted octanol–water partition coefficient (Wildman–Crippen LogP) is 1.33. The second kappa shape index (κ2) is 7.03. The molecule has 0 aromatic carbocycles. The molecule has 112 valence electrons. The molecule has 0 radical (unpaired) electrons. The van der Waals surface area contributed by atoms with E-state index in [1.54, 1.807) is 29.3 Å². The maximum absolute atomic E-state index is 11.8. The SMILES string of the molecule is COc1ccc(CNC(=O)CCn2c(C)csc2=O)cn1. The van der Waals surface area contributed by atoms with Crippen LogP contribution < -0.4 is 14.9 Å². The molecule has 0 aliphatic carbocycles. The van der Waals surface area contributed by atoms with Crippen molar-refractivity contribution in [2.75, 3.05) is 7.11 Å². The molecule has 2 aromatic heterocycles. The summed E-state index contributed by atoms with van der Waals surface area (Å²) >= 11 is 1.15. The Kier molecular flexibility index (Phi) is 5.10. The molecular weight excluding hydrogens is 290 g/mol. The van der Waals surface area contributed by atoms with Crippen LogP contribution in [0.2, 0.25) is 0 Å². The van der Waals surface area contributed by atoms with E-state index in [0.717, 1.165) is 22.6 Å². The average molecular weight is 307 g/mol. The molecule has 0 spiro atoms. The fraction of sp³-hybridized carbons (Fsp3) is 0.357. The highest BCUT2D eigenvalue weighted by Gasteiger charge is 2.06. The van der Waals surface area contributed by atoms with E-state index in [1.807, 2.05) is 13.0 Å². The molecule has 0 aliphatic heterocycles. The van der Waals surface area contributed by atoms with E-state index in [9.17, 15) is 9.59 Å². The van der Waals surface area contributed by atoms with Gasteiger partial charge in [0.2, 0.25) is 11.8 Å². The van der Waals surface area contributed by atoms with Crippen molar-refractivity contribution in [1.29, 1.82) is 0 Å². The van der Waals surface area contributed by atoms with Crippen molar-refractivity contribution in [1.82, 2.24) is 14.9 Å².